The van der Waals surface area contributed by atoms with E-state index in [0.717, 1.165) is 24.5 Å². The molecule has 0 aliphatic rings. The molecule has 2 N–H and O–H groups in total. The summed E-state index contributed by atoms with van der Waals surface area (Å²) in [6.45, 7) is 9.74. The van der Waals surface area contributed by atoms with E-state index in [1.165, 1.54) is 0 Å². The number of hydrogen-bond acceptors (Lipinski definition) is 3. The number of nitrogens with one attached hydrogen (secondary N) is 2. The van der Waals surface area contributed by atoms with E-state index in [1.807, 2.05) is 31.4 Å². The first-order valence-corrected chi connectivity index (χ1v) is 8.22. The van der Waals surface area contributed by atoms with Gasteiger partial charge in [0.15, 0.2) is 11.8 Å². The molecular formula is C17H26FIN6. The summed E-state index contributed by atoms with van der Waals surface area (Å²) in [5.74, 6) is 1.28. The summed E-state index contributed by atoms with van der Waals surface area (Å²) in [6, 6.07) is 5.20. The maximum Gasteiger partial charge on any atom is 0.192 e. The van der Waals surface area contributed by atoms with Crippen molar-refractivity contribution in [3.05, 3.63) is 47.3 Å². The average molecular weight is 460 g/mol. The van der Waals surface area contributed by atoms with Gasteiger partial charge in [-0.25, -0.2) is 9.38 Å². The van der Waals surface area contributed by atoms with Crippen molar-refractivity contribution < 1.29 is 4.39 Å². The number of benzene rings is 1. The van der Waals surface area contributed by atoms with Crippen molar-refractivity contribution in [2.24, 2.45) is 4.99 Å². The molecule has 0 fully saturated rings. The standard InChI is InChI=1S/C17H25FN6.HI/c1-5-19-17(20-10-16-23-21-11-24(16)6-2)22-13(4)14-8-7-12(3)15(18)9-14;/h7-9,11,13H,5-6,10H2,1-4H3,(H2,19,20,22);1H. The minimum Gasteiger partial charge on any atom is -0.357 e. The van der Waals surface area contributed by atoms with Gasteiger partial charge in [-0.05, 0) is 44.9 Å². The Kier molecular flexibility index (Phi) is 8.81. The van der Waals surface area contributed by atoms with Gasteiger partial charge >= 0.3 is 0 Å². The van der Waals surface area contributed by atoms with Crippen molar-refractivity contribution in [2.45, 2.75) is 46.8 Å². The highest BCUT2D eigenvalue weighted by molar-refractivity contribution is 14.0. The van der Waals surface area contributed by atoms with Gasteiger partial charge in [0.1, 0.15) is 18.7 Å². The average Bonchev–Trinajstić information content (AvgIpc) is 3.02. The number of aliphatic imine (C=N–C) groups is 1. The molecule has 1 aromatic carbocycles. The van der Waals surface area contributed by atoms with E-state index in [1.54, 1.807) is 25.4 Å². The van der Waals surface area contributed by atoms with E-state index < -0.39 is 0 Å². The highest BCUT2D eigenvalue weighted by Gasteiger charge is 2.10. The zero-order chi connectivity index (χ0) is 17.5. The lowest BCUT2D eigenvalue weighted by Gasteiger charge is -2.18. The molecular weight excluding hydrogens is 434 g/mol. The number of aromatic nitrogens is 3. The third kappa shape index (κ3) is 5.94. The molecule has 0 amide bonds. The van der Waals surface area contributed by atoms with Crippen LogP contribution in [-0.2, 0) is 13.1 Å². The van der Waals surface area contributed by atoms with Crippen LogP contribution in [0.25, 0.3) is 0 Å². The maximum absolute atomic E-state index is 13.8. The molecule has 0 aliphatic carbocycles. The highest BCUT2D eigenvalue weighted by Crippen LogP contribution is 2.16. The molecule has 1 aromatic heterocycles. The van der Waals surface area contributed by atoms with Gasteiger partial charge in [0.25, 0.3) is 0 Å². The van der Waals surface area contributed by atoms with Gasteiger partial charge in [-0.2, -0.15) is 0 Å². The lowest BCUT2D eigenvalue weighted by atomic mass is 10.1. The fraction of sp³-hybridized carbons (Fsp3) is 0.471. The summed E-state index contributed by atoms with van der Waals surface area (Å²) in [5.41, 5.74) is 1.52. The molecule has 2 rings (SSSR count). The van der Waals surface area contributed by atoms with E-state index in [2.05, 4.69) is 25.8 Å². The molecule has 1 unspecified atom stereocenters. The van der Waals surface area contributed by atoms with Crippen LogP contribution in [0.4, 0.5) is 4.39 Å². The van der Waals surface area contributed by atoms with Crippen molar-refractivity contribution in [1.82, 2.24) is 25.4 Å². The lowest BCUT2D eigenvalue weighted by Crippen LogP contribution is -2.38. The summed E-state index contributed by atoms with van der Waals surface area (Å²) >= 11 is 0. The Hall–Kier alpha value is -1.71. The maximum atomic E-state index is 13.8. The van der Waals surface area contributed by atoms with Crippen LogP contribution >= 0.6 is 24.0 Å². The fourth-order valence-corrected chi connectivity index (χ4v) is 2.30. The quantitative estimate of drug-likeness (QED) is 0.395. The lowest BCUT2D eigenvalue weighted by molar-refractivity contribution is 0.607. The number of rotatable bonds is 6. The molecule has 25 heavy (non-hydrogen) atoms. The second-order valence-electron chi connectivity index (χ2n) is 5.60. The summed E-state index contributed by atoms with van der Waals surface area (Å²) in [6.07, 6.45) is 1.70. The summed E-state index contributed by atoms with van der Waals surface area (Å²) in [4.78, 5) is 4.55. The first-order chi connectivity index (χ1) is 11.5. The number of hydrogen-bond donors (Lipinski definition) is 2. The molecule has 0 spiro atoms. The second kappa shape index (κ2) is 10.3. The van der Waals surface area contributed by atoms with Gasteiger partial charge < -0.3 is 15.2 Å². The van der Waals surface area contributed by atoms with Crippen LogP contribution in [0.2, 0.25) is 0 Å². The van der Waals surface area contributed by atoms with Gasteiger partial charge in [-0.3, -0.25) is 0 Å². The summed E-state index contributed by atoms with van der Waals surface area (Å²) in [5, 5.41) is 14.5. The van der Waals surface area contributed by atoms with Gasteiger partial charge in [-0.15, -0.1) is 34.2 Å². The van der Waals surface area contributed by atoms with Gasteiger partial charge in [0.2, 0.25) is 0 Å². The van der Waals surface area contributed by atoms with Crippen molar-refractivity contribution in [3.63, 3.8) is 0 Å². The number of guanidine groups is 1. The highest BCUT2D eigenvalue weighted by atomic mass is 127. The number of nitrogens with zero attached hydrogens (tertiary/aromatic N) is 4. The Morgan fingerprint density at radius 1 is 1.36 bits per heavy atom. The van der Waals surface area contributed by atoms with Crippen LogP contribution < -0.4 is 10.6 Å². The molecule has 0 bridgehead atoms. The van der Waals surface area contributed by atoms with Crippen LogP contribution in [0.3, 0.4) is 0 Å². The number of halogens is 2. The molecule has 1 heterocycles. The topological polar surface area (TPSA) is 67.1 Å². The molecule has 0 saturated carbocycles. The predicted molar refractivity (Wildman–Crippen MR) is 109 cm³/mol. The van der Waals surface area contributed by atoms with E-state index in [0.29, 0.717) is 18.1 Å². The molecule has 0 saturated heterocycles. The van der Waals surface area contributed by atoms with Crippen molar-refractivity contribution in [2.75, 3.05) is 6.54 Å². The molecule has 138 valence electrons. The van der Waals surface area contributed by atoms with Crippen LogP contribution in [0.5, 0.6) is 0 Å². The molecule has 1 atom stereocenters. The predicted octanol–water partition coefficient (Wildman–Crippen LogP) is 3.18. The Labute approximate surface area is 165 Å². The largest absolute Gasteiger partial charge is 0.357 e. The zero-order valence-electron chi connectivity index (χ0n) is 15.1. The van der Waals surface area contributed by atoms with Gasteiger partial charge in [0.05, 0.1) is 6.04 Å². The normalized spacial score (nSPS) is 12.4. The first kappa shape index (κ1) is 21.3. The third-order valence-corrected chi connectivity index (χ3v) is 3.81. The molecule has 6 nitrogen and oxygen atoms in total. The van der Waals surface area contributed by atoms with Crippen LogP contribution in [0.15, 0.2) is 29.5 Å². The monoisotopic (exact) mass is 460 g/mol. The van der Waals surface area contributed by atoms with E-state index >= 15 is 0 Å². The summed E-state index contributed by atoms with van der Waals surface area (Å²) < 4.78 is 15.7. The van der Waals surface area contributed by atoms with Crippen molar-refractivity contribution in [1.29, 1.82) is 0 Å². The molecule has 0 aliphatic heterocycles. The van der Waals surface area contributed by atoms with Gasteiger partial charge in [0, 0.05) is 13.1 Å². The Morgan fingerprint density at radius 3 is 2.76 bits per heavy atom. The minimum atomic E-state index is -0.195. The molecule has 0 radical (unpaired) electrons. The van der Waals surface area contributed by atoms with Crippen LogP contribution in [-0.4, -0.2) is 27.3 Å². The minimum absolute atomic E-state index is 0. The summed E-state index contributed by atoms with van der Waals surface area (Å²) in [7, 11) is 0. The second-order valence-corrected chi connectivity index (χ2v) is 5.60. The first-order valence-electron chi connectivity index (χ1n) is 8.22. The Balaban J connectivity index is 0.00000312. The van der Waals surface area contributed by atoms with E-state index in [9.17, 15) is 4.39 Å². The fourth-order valence-electron chi connectivity index (χ4n) is 2.30. The molecule has 2 aromatic rings. The van der Waals surface area contributed by atoms with Crippen LogP contribution in [0, 0.1) is 12.7 Å². The zero-order valence-corrected chi connectivity index (χ0v) is 17.4. The van der Waals surface area contributed by atoms with E-state index in [-0.39, 0.29) is 35.8 Å². The molecule has 8 heteroatoms. The Bertz CT molecular complexity index is 700. The van der Waals surface area contributed by atoms with Gasteiger partial charge in [-0.1, -0.05) is 12.1 Å². The van der Waals surface area contributed by atoms with E-state index in [4.69, 9.17) is 0 Å². The van der Waals surface area contributed by atoms with Crippen molar-refractivity contribution >= 4 is 29.9 Å². The smallest absolute Gasteiger partial charge is 0.192 e. The SMILES string of the molecule is CCNC(=NCc1nncn1CC)NC(C)c1ccc(C)c(F)c1.I. The van der Waals surface area contributed by atoms with Crippen LogP contribution in [0.1, 0.15) is 43.8 Å². The third-order valence-electron chi connectivity index (χ3n) is 3.81. The number of aryl methyl sites for hydroxylation is 2. The van der Waals surface area contributed by atoms with Crippen molar-refractivity contribution in [3.8, 4) is 0 Å². The Morgan fingerprint density at radius 2 is 2.12 bits per heavy atom.